The van der Waals surface area contributed by atoms with E-state index in [-0.39, 0.29) is 12.0 Å². The van der Waals surface area contributed by atoms with Crippen LogP contribution in [0.15, 0.2) is 0 Å². The standard InChI is InChI=1S/C7H12O2/c8-3-6-1-5-2-7(5,6)4-9/h5-6,8-9H,1-4H2. The number of fused-ring (bicyclic) bond motifs is 1. The summed E-state index contributed by atoms with van der Waals surface area (Å²) in [4.78, 5) is 0. The van der Waals surface area contributed by atoms with E-state index < -0.39 is 0 Å². The molecule has 3 unspecified atom stereocenters. The normalized spacial score (nSPS) is 54.0. The van der Waals surface area contributed by atoms with Crippen LogP contribution in [0.2, 0.25) is 0 Å². The first-order valence-electron chi connectivity index (χ1n) is 3.55. The third kappa shape index (κ3) is 0.485. The second kappa shape index (κ2) is 1.50. The molecule has 2 fully saturated rings. The van der Waals surface area contributed by atoms with E-state index in [1.165, 1.54) is 0 Å². The molecule has 52 valence electrons. The highest BCUT2D eigenvalue weighted by atomic mass is 16.3. The lowest BCUT2D eigenvalue weighted by Crippen LogP contribution is -2.34. The first-order chi connectivity index (χ1) is 4.33. The number of aliphatic hydroxyl groups is 2. The highest BCUT2D eigenvalue weighted by Gasteiger charge is 2.66. The van der Waals surface area contributed by atoms with Gasteiger partial charge < -0.3 is 10.2 Å². The smallest absolute Gasteiger partial charge is 0.0493 e. The fourth-order valence-corrected chi connectivity index (χ4v) is 2.21. The van der Waals surface area contributed by atoms with Crippen molar-refractivity contribution in [2.45, 2.75) is 12.8 Å². The van der Waals surface area contributed by atoms with Crippen molar-refractivity contribution in [1.82, 2.24) is 0 Å². The molecule has 2 N–H and O–H groups in total. The van der Waals surface area contributed by atoms with Crippen LogP contribution in [0, 0.1) is 17.3 Å². The van der Waals surface area contributed by atoms with Crippen LogP contribution in [0.3, 0.4) is 0 Å². The summed E-state index contributed by atoms with van der Waals surface area (Å²) in [6, 6.07) is 0. The minimum absolute atomic E-state index is 0.203. The molecule has 9 heavy (non-hydrogen) atoms. The summed E-state index contributed by atoms with van der Waals surface area (Å²) in [5.41, 5.74) is 0.203. The monoisotopic (exact) mass is 128 g/mol. The van der Waals surface area contributed by atoms with E-state index in [0.717, 1.165) is 18.8 Å². The van der Waals surface area contributed by atoms with E-state index in [9.17, 15) is 0 Å². The van der Waals surface area contributed by atoms with Crippen LogP contribution in [0.5, 0.6) is 0 Å². The molecule has 0 aromatic rings. The minimum atomic E-state index is 0.203. The zero-order valence-corrected chi connectivity index (χ0v) is 5.38. The van der Waals surface area contributed by atoms with Gasteiger partial charge in [0.15, 0.2) is 0 Å². The lowest BCUT2D eigenvalue weighted by molar-refractivity contribution is 0.0310. The molecule has 2 aliphatic rings. The summed E-state index contributed by atoms with van der Waals surface area (Å²) in [5.74, 6) is 1.19. The molecule has 2 heteroatoms. The first-order valence-corrected chi connectivity index (χ1v) is 3.55. The Morgan fingerprint density at radius 2 is 2.22 bits per heavy atom. The van der Waals surface area contributed by atoms with Crippen molar-refractivity contribution >= 4 is 0 Å². The number of rotatable bonds is 2. The van der Waals surface area contributed by atoms with E-state index in [1.807, 2.05) is 0 Å². The number of aliphatic hydroxyl groups excluding tert-OH is 2. The molecule has 2 aliphatic carbocycles. The van der Waals surface area contributed by atoms with Crippen molar-refractivity contribution in [2.24, 2.45) is 17.3 Å². The van der Waals surface area contributed by atoms with E-state index in [2.05, 4.69) is 0 Å². The largest absolute Gasteiger partial charge is 0.396 e. The fourth-order valence-electron chi connectivity index (χ4n) is 2.21. The molecule has 0 bridgehead atoms. The third-order valence-corrected chi connectivity index (χ3v) is 3.18. The van der Waals surface area contributed by atoms with Gasteiger partial charge in [-0.05, 0) is 24.7 Å². The van der Waals surface area contributed by atoms with Gasteiger partial charge >= 0.3 is 0 Å². The van der Waals surface area contributed by atoms with Crippen LogP contribution in [-0.4, -0.2) is 23.4 Å². The Morgan fingerprint density at radius 1 is 1.44 bits per heavy atom. The van der Waals surface area contributed by atoms with Gasteiger partial charge in [-0.15, -0.1) is 0 Å². The average Bonchev–Trinajstić information content (AvgIpc) is 2.41. The molecule has 0 radical (unpaired) electrons. The van der Waals surface area contributed by atoms with Crippen LogP contribution in [0.1, 0.15) is 12.8 Å². The molecule has 0 aromatic carbocycles. The molecular weight excluding hydrogens is 116 g/mol. The summed E-state index contributed by atoms with van der Waals surface area (Å²) < 4.78 is 0. The Balaban J connectivity index is 2.01. The van der Waals surface area contributed by atoms with Gasteiger partial charge in [0, 0.05) is 18.6 Å². The predicted molar refractivity (Wildman–Crippen MR) is 32.8 cm³/mol. The zero-order valence-electron chi connectivity index (χ0n) is 5.38. The van der Waals surface area contributed by atoms with Crippen molar-refractivity contribution in [3.63, 3.8) is 0 Å². The second-order valence-corrected chi connectivity index (χ2v) is 3.41. The van der Waals surface area contributed by atoms with Gasteiger partial charge in [0.25, 0.3) is 0 Å². The van der Waals surface area contributed by atoms with Crippen LogP contribution >= 0.6 is 0 Å². The summed E-state index contributed by atoms with van der Waals surface area (Å²) in [6.45, 7) is 0.569. The summed E-state index contributed by atoms with van der Waals surface area (Å²) >= 11 is 0. The van der Waals surface area contributed by atoms with Gasteiger partial charge in [0.2, 0.25) is 0 Å². The molecule has 3 atom stereocenters. The van der Waals surface area contributed by atoms with Crippen molar-refractivity contribution in [3.8, 4) is 0 Å². The lowest BCUT2D eigenvalue weighted by Gasteiger charge is -2.33. The van der Waals surface area contributed by atoms with Crippen LogP contribution in [0.4, 0.5) is 0 Å². The van der Waals surface area contributed by atoms with Crippen molar-refractivity contribution in [1.29, 1.82) is 0 Å². The van der Waals surface area contributed by atoms with Crippen molar-refractivity contribution in [2.75, 3.05) is 13.2 Å². The number of hydrogen-bond donors (Lipinski definition) is 2. The van der Waals surface area contributed by atoms with Crippen LogP contribution in [0.25, 0.3) is 0 Å². The van der Waals surface area contributed by atoms with Gasteiger partial charge in [-0.2, -0.15) is 0 Å². The Hall–Kier alpha value is -0.0800. The Bertz CT molecular complexity index is 129. The summed E-state index contributed by atoms with van der Waals surface area (Å²) in [6.07, 6.45) is 2.31. The van der Waals surface area contributed by atoms with Gasteiger partial charge in [-0.1, -0.05) is 0 Å². The number of hydrogen-bond acceptors (Lipinski definition) is 2. The second-order valence-electron chi connectivity index (χ2n) is 3.41. The summed E-state index contributed by atoms with van der Waals surface area (Å²) in [7, 11) is 0. The third-order valence-electron chi connectivity index (χ3n) is 3.18. The van der Waals surface area contributed by atoms with Crippen molar-refractivity contribution in [3.05, 3.63) is 0 Å². The predicted octanol–water partition coefficient (Wildman–Crippen LogP) is -0.00280. The molecule has 2 rings (SSSR count). The molecule has 0 heterocycles. The highest BCUT2D eigenvalue weighted by Crippen LogP contribution is 2.70. The van der Waals surface area contributed by atoms with E-state index in [4.69, 9.17) is 10.2 Å². The van der Waals surface area contributed by atoms with Gasteiger partial charge in [0.1, 0.15) is 0 Å². The van der Waals surface area contributed by atoms with Gasteiger partial charge in [-0.3, -0.25) is 0 Å². The molecule has 2 nitrogen and oxygen atoms in total. The van der Waals surface area contributed by atoms with E-state index >= 15 is 0 Å². The maximum Gasteiger partial charge on any atom is 0.0493 e. The van der Waals surface area contributed by atoms with Crippen molar-refractivity contribution < 1.29 is 10.2 Å². The Morgan fingerprint density at radius 3 is 2.44 bits per heavy atom. The molecule has 2 saturated carbocycles. The van der Waals surface area contributed by atoms with E-state index in [0.29, 0.717) is 12.5 Å². The average molecular weight is 128 g/mol. The SMILES string of the molecule is OCC1CC2CC12CO. The lowest BCUT2D eigenvalue weighted by atomic mass is 9.74. The first kappa shape index (κ1) is 5.69. The Kier molecular flexibility index (Phi) is 0.945. The molecule has 0 amide bonds. The maximum atomic E-state index is 8.88. The highest BCUT2D eigenvalue weighted by molar-refractivity contribution is 5.15. The van der Waals surface area contributed by atoms with Gasteiger partial charge in [-0.25, -0.2) is 0 Å². The summed E-state index contributed by atoms with van der Waals surface area (Å²) in [5, 5.41) is 17.6. The molecule has 0 spiro atoms. The topological polar surface area (TPSA) is 40.5 Å². The Labute approximate surface area is 54.5 Å². The maximum absolute atomic E-state index is 8.88. The zero-order chi connectivity index (χ0) is 6.48. The van der Waals surface area contributed by atoms with E-state index in [1.54, 1.807) is 0 Å². The van der Waals surface area contributed by atoms with Crippen LogP contribution < -0.4 is 0 Å². The van der Waals surface area contributed by atoms with Gasteiger partial charge in [0.05, 0.1) is 0 Å². The molecular formula is C7H12O2. The fraction of sp³-hybridized carbons (Fsp3) is 1.00. The van der Waals surface area contributed by atoms with Crippen LogP contribution in [-0.2, 0) is 0 Å². The minimum Gasteiger partial charge on any atom is -0.396 e. The quantitative estimate of drug-likeness (QED) is 0.549. The molecule has 0 saturated heterocycles. The molecule has 0 aliphatic heterocycles. The molecule has 0 aromatic heterocycles.